The molecule has 0 aliphatic heterocycles. The lowest BCUT2D eigenvalue weighted by atomic mass is 9.47. The van der Waals surface area contributed by atoms with Crippen LogP contribution in [0.25, 0.3) is 0 Å². The Bertz CT molecular complexity index is 607. The van der Waals surface area contributed by atoms with Gasteiger partial charge in [-0.1, -0.05) is 53.7 Å². The van der Waals surface area contributed by atoms with Gasteiger partial charge in [0.15, 0.2) is 0 Å². The topological polar surface area (TPSA) is 20.2 Å². The number of aliphatic hydroxyl groups excluding tert-OH is 1. The molecule has 0 bridgehead atoms. The summed E-state index contributed by atoms with van der Waals surface area (Å²) in [6, 6.07) is 0. The van der Waals surface area contributed by atoms with Gasteiger partial charge in [-0.15, -0.1) is 0 Å². The van der Waals surface area contributed by atoms with Gasteiger partial charge in [0.2, 0.25) is 0 Å². The molecule has 7 unspecified atom stereocenters. The van der Waals surface area contributed by atoms with Crippen LogP contribution in [0.1, 0.15) is 92.9 Å². The molecule has 166 valence electrons. The number of fused-ring (bicyclic) bond motifs is 5. The molecule has 0 aromatic carbocycles. The first-order valence-corrected chi connectivity index (χ1v) is 13.0. The molecule has 4 fully saturated rings. The molecule has 0 amide bonds. The molecule has 1 N–H and O–H groups in total. The van der Waals surface area contributed by atoms with Crippen LogP contribution in [-0.2, 0) is 0 Å². The first-order chi connectivity index (χ1) is 13.7. The first kappa shape index (κ1) is 21.9. The van der Waals surface area contributed by atoms with Crippen molar-refractivity contribution < 1.29 is 5.11 Å². The molecule has 0 heterocycles. The van der Waals surface area contributed by atoms with Crippen molar-refractivity contribution in [3.8, 4) is 0 Å². The zero-order valence-electron chi connectivity index (χ0n) is 20.2. The van der Waals surface area contributed by atoms with E-state index in [-0.39, 0.29) is 0 Å². The SMILES string of the molecule is CC(C)[C@H](C)/C=C\[C@@H](C)C1CCC2C3CCC4[C@@H](CO)CCC4(C)C3CCC21C. The van der Waals surface area contributed by atoms with Crippen LogP contribution in [0.4, 0.5) is 0 Å². The van der Waals surface area contributed by atoms with Gasteiger partial charge in [-0.3, -0.25) is 0 Å². The Kier molecular flexibility index (Phi) is 6.04. The fourth-order valence-electron chi connectivity index (χ4n) is 9.16. The molecule has 0 saturated heterocycles. The van der Waals surface area contributed by atoms with E-state index in [1.807, 2.05) is 0 Å². The van der Waals surface area contributed by atoms with E-state index in [4.69, 9.17) is 0 Å². The Balaban J connectivity index is 1.50. The predicted molar refractivity (Wildman–Crippen MR) is 123 cm³/mol. The summed E-state index contributed by atoms with van der Waals surface area (Å²) in [6.07, 6.45) is 16.4. The zero-order valence-corrected chi connectivity index (χ0v) is 20.2. The van der Waals surface area contributed by atoms with Crippen LogP contribution in [0.2, 0.25) is 0 Å². The summed E-state index contributed by atoms with van der Waals surface area (Å²) in [7, 11) is 0. The molecule has 4 aliphatic carbocycles. The highest BCUT2D eigenvalue weighted by Crippen LogP contribution is 2.69. The van der Waals surface area contributed by atoms with Crippen LogP contribution in [0.15, 0.2) is 12.2 Å². The lowest BCUT2D eigenvalue weighted by Gasteiger charge is -2.58. The van der Waals surface area contributed by atoms with Gasteiger partial charge < -0.3 is 5.11 Å². The van der Waals surface area contributed by atoms with E-state index in [9.17, 15) is 5.11 Å². The van der Waals surface area contributed by atoms with E-state index < -0.39 is 0 Å². The maximum Gasteiger partial charge on any atom is 0.0462 e. The van der Waals surface area contributed by atoms with Gasteiger partial charge in [0.1, 0.15) is 0 Å². The van der Waals surface area contributed by atoms with Crippen LogP contribution >= 0.6 is 0 Å². The summed E-state index contributed by atoms with van der Waals surface area (Å²) in [5.74, 6) is 7.28. The lowest BCUT2D eigenvalue weighted by Crippen LogP contribution is -2.51. The van der Waals surface area contributed by atoms with E-state index in [1.165, 1.54) is 51.4 Å². The zero-order chi connectivity index (χ0) is 21.0. The number of hydrogen-bond acceptors (Lipinski definition) is 1. The predicted octanol–water partition coefficient (Wildman–Crippen LogP) is 7.35. The molecule has 4 aliphatic rings. The summed E-state index contributed by atoms with van der Waals surface area (Å²) in [6.45, 7) is 15.3. The molecule has 0 aromatic heterocycles. The minimum Gasteiger partial charge on any atom is -0.396 e. The second-order valence-corrected chi connectivity index (χ2v) is 12.6. The highest BCUT2D eigenvalue weighted by molar-refractivity contribution is 5.12. The monoisotopic (exact) mass is 400 g/mol. The summed E-state index contributed by atoms with van der Waals surface area (Å²) in [4.78, 5) is 0. The fraction of sp³-hybridized carbons (Fsp3) is 0.929. The molecule has 0 aromatic rings. The lowest BCUT2D eigenvalue weighted by molar-refractivity contribution is -0.0956. The van der Waals surface area contributed by atoms with E-state index >= 15 is 0 Å². The molecule has 0 radical (unpaired) electrons. The molecule has 0 spiro atoms. The van der Waals surface area contributed by atoms with Gasteiger partial charge in [0, 0.05) is 6.61 Å². The Labute approximate surface area is 181 Å². The van der Waals surface area contributed by atoms with Crippen molar-refractivity contribution in [3.05, 3.63) is 12.2 Å². The Morgan fingerprint density at radius 2 is 1.45 bits per heavy atom. The second-order valence-electron chi connectivity index (χ2n) is 12.6. The summed E-state index contributed by atoms with van der Waals surface area (Å²) < 4.78 is 0. The van der Waals surface area contributed by atoms with Gasteiger partial charge in [-0.2, -0.15) is 0 Å². The summed E-state index contributed by atoms with van der Waals surface area (Å²) in [5, 5.41) is 9.92. The smallest absolute Gasteiger partial charge is 0.0462 e. The number of aliphatic hydroxyl groups is 1. The number of hydrogen-bond donors (Lipinski definition) is 1. The largest absolute Gasteiger partial charge is 0.396 e. The molecule has 10 atom stereocenters. The summed E-state index contributed by atoms with van der Waals surface area (Å²) >= 11 is 0. The molecule has 29 heavy (non-hydrogen) atoms. The standard InChI is InChI=1S/C28H48O/c1-18(2)19(3)7-8-20(4)23-11-12-25-22-9-10-24-21(17-29)13-15-28(24,6)26(22)14-16-27(23,25)5/h7-8,18-26,29H,9-17H2,1-6H3/b8-7-/t19-,20-,21-,22?,23?,24?,25?,26?,27?,28?/m1/s1. The third kappa shape index (κ3) is 3.46. The molecule has 1 nitrogen and oxygen atoms in total. The van der Waals surface area contributed by atoms with Crippen molar-refractivity contribution in [3.63, 3.8) is 0 Å². The fourth-order valence-corrected chi connectivity index (χ4v) is 9.16. The Hall–Kier alpha value is -0.300. The third-order valence-electron chi connectivity index (χ3n) is 11.3. The highest BCUT2D eigenvalue weighted by Gasteiger charge is 2.61. The van der Waals surface area contributed by atoms with Crippen molar-refractivity contribution in [1.82, 2.24) is 0 Å². The van der Waals surface area contributed by atoms with Crippen LogP contribution in [0.3, 0.4) is 0 Å². The van der Waals surface area contributed by atoms with Crippen LogP contribution in [0, 0.1) is 64.1 Å². The van der Waals surface area contributed by atoms with E-state index in [1.54, 1.807) is 0 Å². The molecule has 4 rings (SSSR count). The normalized spacial score (nSPS) is 49.1. The summed E-state index contributed by atoms with van der Waals surface area (Å²) in [5.41, 5.74) is 1.08. The molecule has 1 heteroatoms. The Morgan fingerprint density at radius 1 is 0.793 bits per heavy atom. The third-order valence-corrected chi connectivity index (χ3v) is 11.3. The van der Waals surface area contributed by atoms with Crippen molar-refractivity contribution in [2.75, 3.05) is 6.61 Å². The van der Waals surface area contributed by atoms with Gasteiger partial charge in [-0.05, 0) is 115 Å². The number of rotatable bonds is 5. The van der Waals surface area contributed by atoms with E-state index in [0.29, 0.717) is 29.3 Å². The van der Waals surface area contributed by atoms with Gasteiger partial charge in [0.05, 0.1) is 0 Å². The van der Waals surface area contributed by atoms with Crippen LogP contribution in [0.5, 0.6) is 0 Å². The van der Waals surface area contributed by atoms with E-state index in [0.717, 1.165) is 41.4 Å². The average molecular weight is 401 g/mol. The van der Waals surface area contributed by atoms with Crippen molar-refractivity contribution in [2.45, 2.75) is 92.9 Å². The van der Waals surface area contributed by atoms with E-state index in [2.05, 4.69) is 53.7 Å². The maximum absolute atomic E-state index is 9.92. The van der Waals surface area contributed by atoms with Crippen LogP contribution < -0.4 is 0 Å². The number of allylic oxidation sites excluding steroid dienone is 2. The first-order valence-electron chi connectivity index (χ1n) is 13.0. The minimum absolute atomic E-state index is 0.430. The maximum atomic E-state index is 9.92. The van der Waals surface area contributed by atoms with Crippen LogP contribution in [-0.4, -0.2) is 11.7 Å². The molecule has 4 saturated carbocycles. The average Bonchev–Trinajstić information content (AvgIpc) is 3.22. The van der Waals surface area contributed by atoms with Crippen molar-refractivity contribution >= 4 is 0 Å². The Morgan fingerprint density at radius 3 is 2.14 bits per heavy atom. The second kappa shape index (κ2) is 7.99. The van der Waals surface area contributed by atoms with Gasteiger partial charge in [0.25, 0.3) is 0 Å². The molecular formula is C28H48O. The van der Waals surface area contributed by atoms with Crippen molar-refractivity contribution in [1.29, 1.82) is 0 Å². The van der Waals surface area contributed by atoms with Gasteiger partial charge in [-0.25, -0.2) is 0 Å². The van der Waals surface area contributed by atoms with Gasteiger partial charge >= 0.3 is 0 Å². The quantitative estimate of drug-likeness (QED) is 0.478. The molecular weight excluding hydrogens is 352 g/mol. The highest BCUT2D eigenvalue weighted by atomic mass is 16.3. The van der Waals surface area contributed by atoms with Crippen molar-refractivity contribution in [2.24, 2.45) is 64.1 Å². The minimum atomic E-state index is 0.430.